The number of hydrogen-bond acceptors (Lipinski definition) is 3. The largest absolute Gasteiger partial charge is 0.492 e. The fourth-order valence-electron chi connectivity index (χ4n) is 1.59. The summed E-state index contributed by atoms with van der Waals surface area (Å²) in [4.78, 5) is 0. The van der Waals surface area contributed by atoms with Crippen molar-refractivity contribution < 1.29 is 9.47 Å². The van der Waals surface area contributed by atoms with Gasteiger partial charge in [0.05, 0.1) is 5.60 Å². The van der Waals surface area contributed by atoms with Gasteiger partial charge in [-0.3, -0.25) is 0 Å². The van der Waals surface area contributed by atoms with Crippen molar-refractivity contribution in [3.8, 4) is 5.75 Å². The number of rotatable bonds is 8. The molecule has 17 heavy (non-hydrogen) atoms. The lowest BCUT2D eigenvalue weighted by Crippen LogP contribution is -2.39. The smallest absolute Gasteiger partial charge is 0.119 e. The third-order valence-corrected chi connectivity index (χ3v) is 2.38. The SMILES string of the molecule is CCOC(C)(C)CNCCOc1ccccc1. The van der Waals surface area contributed by atoms with Crippen molar-refractivity contribution in [1.29, 1.82) is 0 Å². The van der Waals surface area contributed by atoms with Crippen molar-refractivity contribution in [1.82, 2.24) is 5.32 Å². The van der Waals surface area contributed by atoms with E-state index in [0.29, 0.717) is 6.61 Å². The summed E-state index contributed by atoms with van der Waals surface area (Å²) < 4.78 is 11.2. The van der Waals surface area contributed by atoms with Gasteiger partial charge in [-0.2, -0.15) is 0 Å². The lowest BCUT2D eigenvalue weighted by atomic mass is 10.1. The van der Waals surface area contributed by atoms with Gasteiger partial charge >= 0.3 is 0 Å². The van der Waals surface area contributed by atoms with Gasteiger partial charge in [-0.15, -0.1) is 0 Å². The monoisotopic (exact) mass is 237 g/mol. The number of nitrogens with one attached hydrogen (secondary N) is 1. The van der Waals surface area contributed by atoms with E-state index in [0.717, 1.165) is 25.4 Å². The quantitative estimate of drug-likeness (QED) is 0.705. The van der Waals surface area contributed by atoms with Crippen LogP contribution in [-0.2, 0) is 4.74 Å². The molecule has 0 bridgehead atoms. The first-order chi connectivity index (χ1) is 8.14. The zero-order valence-electron chi connectivity index (χ0n) is 11.0. The summed E-state index contributed by atoms with van der Waals surface area (Å²) >= 11 is 0. The molecule has 0 radical (unpaired) electrons. The van der Waals surface area contributed by atoms with Gasteiger partial charge in [0, 0.05) is 19.7 Å². The van der Waals surface area contributed by atoms with Crippen LogP contribution in [0.2, 0.25) is 0 Å². The molecule has 0 saturated heterocycles. The fourth-order valence-corrected chi connectivity index (χ4v) is 1.59. The van der Waals surface area contributed by atoms with Gasteiger partial charge in [-0.1, -0.05) is 18.2 Å². The van der Waals surface area contributed by atoms with Crippen molar-refractivity contribution in [2.45, 2.75) is 26.4 Å². The van der Waals surface area contributed by atoms with Crippen LogP contribution in [-0.4, -0.2) is 31.9 Å². The summed E-state index contributed by atoms with van der Waals surface area (Å²) in [5, 5.41) is 3.33. The predicted molar refractivity (Wildman–Crippen MR) is 70.5 cm³/mol. The average molecular weight is 237 g/mol. The van der Waals surface area contributed by atoms with Crippen LogP contribution >= 0.6 is 0 Å². The Bertz CT molecular complexity index is 298. The summed E-state index contributed by atoms with van der Waals surface area (Å²) in [5.41, 5.74) is -0.110. The fraction of sp³-hybridized carbons (Fsp3) is 0.571. The molecule has 1 aromatic carbocycles. The second-order valence-electron chi connectivity index (χ2n) is 4.53. The van der Waals surface area contributed by atoms with Gasteiger partial charge in [0.25, 0.3) is 0 Å². The van der Waals surface area contributed by atoms with Crippen LogP contribution in [0.5, 0.6) is 5.75 Å². The predicted octanol–water partition coefficient (Wildman–Crippen LogP) is 2.47. The highest BCUT2D eigenvalue weighted by atomic mass is 16.5. The molecule has 0 fully saturated rings. The second kappa shape index (κ2) is 7.30. The molecular weight excluding hydrogens is 214 g/mol. The molecule has 0 unspecified atom stereocenters. The first-order valence-corrected chi connectivity index (χ1v) is 6.16. The Morgan fingerprint density at radius 2 is 1.88 bits per heavy atom. The lowest BCUT2D eigenvalue weighted by molar-refractivity contribution is -0.00902. The second-order valence-corrected chi connectivity index (χ2v) is 4.53. The van der Waals surface area contributed by atoms with E-state index in [9.17, 15) is 0 Å². The highest BCUT2D eigenvalue weighted by Gasteiger charge is 2.16. The molecule has 1 rings (SSSR count). The Morgan fingerprint density at radius 1 is 1.18 bits per heavy atom. The molecular formula is C14H23NO2. The minimum atomic E-state index is -0.110. The van der Waals surface area contributed by atoms with Gasteiger partial charge in [-0.25, -0.2) is 0 Å². The first kappa shape index (κ1) is 14.0. The molecule has 1 aromatic rings. The molecule has 0 aliphatic rings. The van der Waals surface area contributed by atoms with E-state index in [1.807, 2.05) is 37.3 Å². The van der Waals surface area contributed by atoms with Crippen LogP contribution in [0.1, 0.15) is 20.8 Å². The van der Waals surface area contributed by atoms with Crippen LogP contribution in [0.15, 0.2) is 30.3 Å². The van der Waals surface area contributed by atoms with Gasteiger partial charge < -0.3 is 14.8 Å². The Kier molecular flexibility index (Phi) is 6.01. The Balaban J connectivity index is 2.09. The van der Waals surface area contributed by atoms with Gasteiger partial charge in [0.1, 0.15) is 12.4 Å². The Hall–Kier alpha value is -1.06. The Labute approximate surface area is 104 Å². The number of hydrogen-bond donors (Lipinski definition) is 1. The van der Waals surface area contributed by atoms with E-state index >= 15 is 0 Å². The topological polar surface area (TPSA) is 30.5 Å². The average Bonchev–Trinajstić information content (AvgIpc) is 2.30. The molecule has 0 heterocycles. The molecule has 0 aromatic heterocycles. The van der Waals surface area contributed by atoms with E-state index < -0.39 is 0 Å². The summed E-state index contributed by atoms with van der Waals surface area (Å²) in [6.45, 7) is 9.26. The lowest BCUT2D eigenvalue weighted by Gasteiger charge is -2.24. The van der Waals surface area contributed by atoms with Crippen LogP contribution in [0, 0.1) is 0 Å². The van der Waals surface area contributed by atoms with Crippen LogP contribution in [0.4, 0.5) is 0 Å². The summed E-state index contributed by atoms with van der Waals surface area (Å²) in [5.74, 6) is 0.915. The maximum atomic E-state index is 5.59. The van der Waals surface area contributed by atoms with E-state index in [4.69, 9.17) is 9.47 Å². The summed E-state index contributed by atoms with van der Waals surface area (Å²) in [6, 6.07) is 9.85. The summed E-state index contributed by atoms with van der Waals surface area (Å²) in [7, 11) is 0. The molecule has 0 amide bonds. The third-order valence-electron chi connectivity index (χ3n) is 2.38. The number of para-hydroxylation sites is 1. The van der Waals surface area contributed by atoms with Crippen molar-refractivity contribution in [3.63, 3.8) is 0 Å². The van der Waals surface area contributed by atoms with E-state index in [1.54, 1.807) is 0 Å². The molecule has 0 aliphatic heterocycles. The standard InChI is InChI=1S/C14H23NO2/c1-4-17-14(2,3)12-15-10-11-16-13-8-6-5-7-9-13/h5-9,15H,4,10-12H2,1-3H3. The van der Waals surface area contributed by atoms with Crippen LogP contribution in [0.25, 0.3) is 0 Å². The van der Waals surface area contributed by atoms with Crippen molar-refractivity contribution in [3.05, 3.63) is 30.3 Å². The third kappa shape index (κ3) is 6.29. The first-order valence-electron chi connectivity index (χ1n) is 6.16. The van der Waals surface area contributed by atoms with Gasteiger partial charge in [0.2, 0.25) is 0 Å². The highest BCUT2D eigenvalue weighted by Crippen LogP contribution is 2.08. The normalized spacial score (nSPS) is 11.5. The Morgan fingerprint density at radius 3 is 2.53 bits per heavy atom. The molecule has 3 heteroatoms. The molecule has 0 atom stereocenters. The molecule has 0 spiro atoms. The zero-order valence-corrected chi connectivity index (χ0v) is 11.0. The molecule has 0 saturated carbocycles. The van der Waals surface area contributed by atoms with E-state index in [1.165, 1.54) is 0 Å². The van der Waals surface area contributed by atoms with E-state index in [2.05, 4.69) is 19.2 Å². The van der Waals surface area contributed by atoms with E-state index in [-0.39, 0.29) is 5.60 Å². The summed E-state index contributed by atoms with van der Waals surface area (Å²) in [6.07, 6.45) is 0. The van der Waals surface area contributed by atoms with Crippen LogP contribution < -0.4 is 10.1 Å². The number of benzene rings is 1. The van der Waals surface area contributed by atoms with Crippen molar-refractivity contribution in [2.24, 2.45) is 0 Å². The zero-order chi connectivity index (χ0) is 12.6. The highest BCUT2D eigenvalue weighted by molar-refractivity contribution is 5.20. The molecule has 1 N–H and O–H groups in total. The van der Waals surface area contributed by atoms with Crippen molar-refractivity contribution in [2.75, 3.05) is 26.3 Å². The molecule has 96 valence electrons. The van der Waals surface area contributed by atoms with Crippen molar-refractivity contribution >= 4 is 0 Å². The van der Waals surface area contributed by atoms with Crippen LogP contribution in [0.3, 0.4) is 0 Å². The molecule has 0 aliphatic carbocycles. The minimum absolute atomic E-state index is 0.110. The molecule has 3 nitrogen and oxygen atoms in total. The maximum Gasteiger partial charge on any atom is 0.119 e. The maximum absolute atomic E-state index is 5.59. The van der Waals surface area contributed by atoms with Gasteiger partial charge in [-0.05, 0) is 32.9 Å². The van der Waals surface area contributed by atoms with Gasteiger partial charge in [0.15, 0.2) is 0 Å². The number of ether oxygens (including phenoxy) is 2. The minimum Gasteiger partial charge on any atom is -0.492 e.